The van der Waals surface area contributed by atoms with Crippen molar-refractivity contribution in [2.24, 2.45) is 0 Å². The molecule has 0 radical (unpaired) electrons. The standard InChI is InChI=1S/2C11H13NO2.2C10H11NO2.2C9H9NO2/c1-4-13-10-3-2-8-6-12-7-9(8)11(10)14-5-1;1-2-13-10-4-8-6-12-7-9(8)5-11(10)14-3-1;1-2-13-10-4-8-6-11-5-7(8)3-9(10)12-1;1-2-9-10(13-4-3-12-9)8-6-11-5-7(1)8;1-6-3-10-4-7(6)2-9-8(1)11-5-12-9;1-2-8-9(12-5-11-8)7-4-10-3-6(1)7/h2-3,12H,1,4-7H2;4-5,12H,1-3,6-7H2;3-4,11H,1-2,5-6H2;1-2,11H,3-6H2;2*1-2,10H,3-5H2. The Morgan fingerprint density at radius 1 is 0.218 bits per heavy atom. The van der Waals surface area contributed by atoms with Gasteiger partial charge >= 0.3 is 0 Å². The van der Waals surface area contributed by atoms with E-state index in [1.807, 2.05) is 18.2 Å². The van der Waals surface area contributed by atoms with Crippen LogP contribution in [0, 0.1) is 0 Å². The van der Waals surface area contributed by atoms with Crippen molar-refractivity contribution < 1.29 is 56.8 Å². The van der Waals surface area contributed by atoms with Gasteiger partial charge in [0.2, 0.25) is 13.6 Å². The predicted octanol–water partition coefficient (Wildman–Crippen LogP) is 7.06. The highest BCUT2D eigenvalue weighted by Crippen LogP contribution is 2.42. The fourth-order valence-electron chi connectivity index (χ4n) is 11.1. The number of rotatable bonds is 0. The fourth-order valence-corrected chi connectivity index (χ4v) is 11.1. The van der Waals surface area contributed by atoms with Gasteiger partial charge in [-0.05, 0) is 105 Å². The molecule has 12 heterocycles. The number of hydrogen-bond acceptors (Lipinski definition) is 18. The summed E-state index contributed by atoms with van der Waals surface area (Å²) in [5.74, 6) is 10.9. The van der Waals surface area contributed by atoms with Crippen LogP contribution in [-0.4, -0.2) is 66.4 Å². The molecule has 18 nitrogen and oxygen atoms in total. The maximum absolute atomic E-state index is 5.73. The van der Waals surface area contributed by atoms with Gasteiger partial charge in [-0.3, -0.25) is 0 Å². The van der Waals surface area contributed by atoms with E-state index in [-0.39, 0.29) is 0 Å². The van der Waals surface area contributed by atoms with E-state index in [0.29, 0.717) is 40.0 Å². The van der Waals surface area contributed by atoms with Gasteiger partial charge in [0.05, 0.1) is 26.4 Å². The Kier molecular flexibility index (Phi) is 15.0. The van der Waals surface area contributed by atoms with Crippen molar-refractivity contribution in [1.82, 2.24) is 31.9 Å². The van der Waals surface area contributed by atoms with Gasteiger partial charge in [-0.2, -0.15) is 0 Å². The Morgan fingerprint density at radius 2 is 0.474 bits per heavy atom. The molecule has 0 aromatic heterocycles. The predicted molar refractivity (Wildman–Crippen MR) is 287 cm³/mol. The minimum atomic E-state index is 0.367. The molecule has 6 aromatic carbocycles. The summed E-state index contributed by atoms with van der Waals surface area (Å²) in [4.78, 5) is 0. The first-order valence-electron chi connectivity index (χ1n) is 27.3. The molecule has 408 valence electrons. The van der Waals surface area contributed by atoms with Crippen LogP contribution in [0.3, 0.4) is 0 Å². The van der Waals surface area contributed by atoms with Crippen LogP contribution in [0.1, 0.15) is 79.6 Å². The van der Waals surface area contributed by atoms with Crippen LogP contribution in [0.25, 0.3) is 0 Å². The highest BCUT2D eigenvalue weighted by atomic mass is 16.7. The van der Waals surface area contributed by atoms with Gasteiger partial charge in [-0.1, -0.05) is 18.2 Å². The molecule has 18 rings (SSSR count). The molecule has 0 saturated heterocycles. The number of fused-ring (bicyclic) bond motifs is 15. The number of hydrogen-bond donors (Lipinski definition) is 6. The maximum atomic E-state index is 5.73. The van der Waals surface area contributed by atoms with E-state index in [1.54, 1.807) is 0 Å². The van der Waals surface area contributed by atoms with E-state index in [4.69, 9.17) is 56.8 Å². The zero-order chi connectivity index (χ0) is 52.0. The van der Waals surface area contributed by atoms with Gasteiger partial charge in [0.1, 0.15) is 26.4 Å². The van der Waals surface area contributed by atoms with Crippen LogP contribution in [0.2, 0.25) is 0 Å². The lowest BCUT2D eigenvalue weighted by Crippen LogP contribution is -2.16. The van der Waals surface area contributed by atoms with E-state index < -0.39 is 0 Å². The summed E-state index contributed by atoms with van der Waals surface area (Å²) in [5.41, 5.74) is 15.9. The van der Waals surface area contributed by atoms with Crippen molar-refractivity contribution in [1.29, 1.82) is 0 Å². The molecule has 0 atom stereocenters. The summed E-state index contributed by atoms with van der Waals surface area (Å²) in [6.07, 6.45) is 1.94. The van der Waals surface area contributed by atoms with Gasteiger partial charge in [0.25, 0.3) is 0 Å². The summed E-state index contributed by atoms with van der Waals surface area (Å²) in [6, 6.07) is 24.9. The van der Waals surface area contributed by atoms with Crippen molar-refractivity contribution in [2.45, 2.75) is 91.4 Å². The van der Waals surface area contributed by atoms with Crippen LogP contribution < -0.4 is 88.7 Å². The van der Waals surface area contributed by atoms with Gasteiger partial charge in [-0.15, -0.1) is 0 Å². The summed E-state index contributed by atoms with van der Waals surface area (Å²) in [7, 11) is 0. The van der Waals surface area contributed by atoms with Crippen molar-refractivity contribution >= 4 is 0 Å². The van der Waals surface area contributed by atoms with E-state index in [1.165, 1.54) is 66.8 Å². The first kappa shape index (κ1) is 50.2. The van der Waals surface area contributed by atoms with Crippen molar-refractivity contribution in [3.63, 3.8) is 0 Å². The number of ether oxygens (including phenoxy) is 12. The zero-order valence-electron chi connectivity index (χ0n) is 43.8. The largest absolute Gasteiger partial charge is 0.490 e. The first-order chi connectivity index (χ1) is 38.6. The molecule has 6 aromatic rings. The molecule has 0 saturated carbocycles. The number of nitrogens with one attached hydrogen (secondary N) is 6. The molecular formula is C60H66N6O12. The summed E-state index contributed by atoms with van der Waals surface area (Å²) in [5, 5.41) is 19.8. The smallest absolute Gasteiger partial charge is 0.231 e. The lowest BCUT2D eigenvalue weighted by Gasteiger charge is -2.20. The molecular weight excluding hydrogens is 997 g/mol. The number of benzene rings is 6. The monoisotopic (exact) mass is 1060 g/mol. The topological polar surface area (TPSA) is 183 Å². The van der Waals surface area contributed by atoms with Gasteiger partial charge < -0.3 is 88.7 Å². The summed E-state index contributed by atoms with van der Waals surface area (Å²) >= 11 is 0. The minimum Gasteiger partial charge on any atom is -0.490 e. The second-order valence-electron chi connectivity index (χ2n) is 20.2. The maximum Gasteiger partial charge on any atom is 0.231 e. The Hall–Kier alpha value is -7.32. The summed E-state index contributed by atoms with van der Waals surface area (Å²) < 4.78 is 65.9. The molecule has 78 heavy (non-hydrogen) atoms. The van der Waals surface area contributed by atoms with E-state index in [2.05, 4.69) is 86.5 Å². The van der Waals surface area contributed by atoms with E-state index in [0.717, 1.165) is 187 Å². The van der Waals surface area contributed by atoms with E-state index in [9.17, 15) is 0 Å². The molecule has 0 unspecified atom stereocenters. The van der Waals surface area contributed by atoms with Crippen molar-refractivity contribution in [2.75, 3.05) is 66.4 Å². The quantitative estimate of drug-likeness (QED) is 0.0909. The molecule has 18 heteroatoms. The SMILES string of the molecule is c1c2c(cc3c1OCCCO3)CNC2.c1c2c(cc3c1OCCO3)CNC2.c1c2c(cc3c1OCO3)CNC2.c1cc2c(c3c1CNC3)OCCCO2.c1cc2c(c3c1CNC3)OCCO2.c1cc2c(c3c1CNC3)OCO2. The Bertz CT molecular complexity index is 3010. The van der Waals surface area contributed by atoms with Gasteiger partial charge in [0, 0.05) is 108 Å². The van der Waals surface area contributed by atoms with Crippen LogP contribution >= 0.6 is 0 Å². The van der Waals surface area contributed by atoms with Crippen LogP contribution in [0.15, 0.2) is 72.8 Å². The Morgan fingerprint density at radius 3 is 0.897 bits per heavy atom. The molecule has 0 spiro atoms. The van der Waals surface area contributed by atoms with Crippen molar-refractivity contribution in [3.05, 3.63) is 140 Å². The lowest BCUT2D eigenvalue weighted by molar-refractivity contribution is 0.170. The Balaban J connectivity index is 0.0000000891. The second kappa shape index (κ2) is 23.3. The second-order valence-corrected chi connectivity index (χ2v) is 20.2. The Labute approximate surface area is 453 Å². The van der Waals surface area contributed by atoms with E-state index >= 15 is 0 Å². The normalized spacial score (nSPS) is 18.5. The lowest BCUT2D eigenvalue weighted by atomic mass is 10.1. The molecule has 0 fully saturated rings. The molecule has 12 aliphatic heterocycles. The highest BCUT2D eigenvalue weighted by molar-refractivity contribution is 5.56. The first-order valence-corrected chi connectivity index (χ1v) is 27.3. The van der Waals surface area contributed by atoms with Crippen molar-refractivity contribution in [3.8, 4) is 69.0 Å². The van der Waals surface area contributed by atoms with Gasteiger partial charge in [0.15, 0.2) is 69.0 Å². The third kappa shape index (κ3) is 10.9. The zero-order valence-corrected chi connectivity index (χ0v) is 43.8. The van der Waals surface area contributed by atoms with Crippen LogP contribution in [0.5, 0.6) is 69.0 Å². The van der Waals surface area contributed by atoms with Crippen LogP contribution in [0.4, 0.5) is 0 Å². The molecule has 12 aliphatic rings. The third-order valence-electron chi connectivity index (χ3n) is 15.1. The molecule has 6 N–H and O–H groups in total. The van der Waals surface area contributed by atoms with Gasteiger partial charge in [-0.25, -0.2) is 0 Å². The summed E-state index contributed by atoms with van der Waals surface area (Å²) in [6.45, 7) is 17.7. The highest BCUT2D eigenvalue weighted by Gasteiger charge is 2.26. The fraction of sp³-hybridized carbons (Fsp3) is 0.400. The third-order valence-corrected chi connectivity index (χ3v) is 15.1. The average Bonchev–Trinajstić information content (AvgIpc) is 4.34. The molecule has 0 amide bonds. The molecule has 0 aliphatic carbocycles. The molecule has 0 bridgehead atoms. The minimum absolute atomic E-state index is 0.367. The average molecular weight is 1060 g/mol. The van der Waals surface area contributed by atoms with Crippen LogP contribution in [-0.2, 0) is 78.5 Å².